The maximum Gasteiger partial charge on any atom is 0.124 e. The third-order valence-electron chi connectivity index (χ3n) is 2.35. The minimum absolute atomic E-state index is 0.221. The molecule has 14 heavy (non-hydrogen) atoms. The Bertz CT molecular complexity index is 278. The molecule has 1 saturated heterocycles. The molecule has 2 rings (SSSR count). The quantitative estimate of drug-likeness (QED) is 0.787. The first-order valence-corrected chi connectivity index (χ1v) is 4.92. The number of hydrogen-bond acceptors (Lipinski definition) is 3. The van der Waals surface area contributed by atoms with Crippen LogP contribution in [-0.4, -0.2) is 19.3 Å². The van der Waals surface area contributed by atoms with Crippen molar-refractivity contribution in [2.45, 2.75) is 19.1 Å². The molecule has 0 radical (unpaired) electrons. The molecule has 3 heteroatoms. The predicted molar refractivity (Wildman–Crippen MR) is 54.2 cm³/mol. The average molecular weight is 193 g/mol. The molecule has 1 aliphatic heterocycles. The number of nitrogens with two attached hydrogens (primary N) is 1. The van der Waals surface area contributed by atoms with Gasteiger partial charge in [0.05, 0.1) is 13.2 Å². The highest BCUT2D eigenvalue weighted by atomic mass is 16.5. The van der Waals surface area contributed by atoms with Crippen LogP contribution in [0.15, 0.2) is 24.3 Å². The SMILES string of the molecule is NCc1ccc(O[C@@H]2CCOC2)cc1. The minimum Gasteiger partial charge on any atom is -0.488 e. The molecule has 1 aromatic carbocycles. The van der Waals surface area contributed by atoms with Crippen molar-refractivity contribution in [3.63, 3.8) is 0 Å². The Kier molecular flexibility index (Phi) is 3.01. The highest BCUT2D eigenvalue weighted by Gasteiger charge is 2.16. The van der Waals surface area contributed by atoms with E-state index in [9.17, 15) is 0 Å². The molecule has 2 N–H and O–H groups in total. The largest absolute Gasteiger partial charge is 0.488 e. The van der Waals surface area contributed by atoms with E-state index < -0.39 is 0 Å². The van der Waals surface area contributed by atoms with E-state index >= 15 is 0 Å². The van der Waals surface area contributed by atoms with E-state index in [-0.39, 0.29) is 6.10 Å². The Labute approximate surface area is 83.8 Å². The third kappa shape index (κ3) is 2.25. The summed E-state index contributed by atoms with van der Waals surface area (Å²) in [6.07, 6.45) is 1.21. The molecule has 0 unspecified atom stereocenters. The minimum atomic E-state index is 0.221. The van der Waals surface area contributed by atoms with E-state index in [1.54, 1.807) is 0 Å². The molecule has 3 nitrogen and oxygen atoms in total. The van der Waals surface area contributed by atoms with Crippen molar-refractivity contribution in [3.05, 3.63) is 29.8 Å². The second kappa shape index (κ2) is 4.44. The molecule has 1 aliphatic rings. The van der Waals surface area contributed by atoms with Crippen LogP contribution in [0.5, 0.6) is 5.75 Å². The van der Waals surface area contributed by atoms with Crippen LogP contribution >= 0.6 is 0 Å². The fourth-order valence-electron chi connectivity index (χ4n) is 1.50. The van der Waals surface area contributed by atoms with Crippen molar-refractivity contribution < 1.29 is 9.47 Å². The fraction of sp³-hybridized carbons (Fsp3) is 0.455. The van der Waals surface area contributed by atoms with Crippen molar-refractivity contribution in [3.8, 4) is 5.75 Å². The van der Waals surface area contributed by atoms with Gasteiger partial charge in [0.15, 0.2) is 0 Å². The van der Waals surface area contributed by atoms with Crippen LogP contribution in [-0.2, 0) is 11.3 Å². The maximum atomic E-state index is 5.71. The van der Waals surface area contributed by atoms with Gasteiger partial charge in [-0.15, -0.1) is 0 Å². The Morgan fingerprint density at radius 3 is 2.71 bits per heavy atom. The van der Waals surface area contributed by atoms with Gasteiger partial charge in [-0.05, 0) is 17.7 Å². The molecular formula is C11H15NO2. The Morgan fingerprint density at radius 2 is 2.14 bits per heavy atom. The highest BCUT2D eigenvalue weighted by molar-refractivity contribution is 5.27. The molecule has 0 saturated carbocycles. The van der Waals surface area contributed by atoms with Crippen LogP contribution in [0.25, 0.3) is 0 Å². The topological polar surface area (TPSA) is 44.5 Å². The maximum absolute atomic E-state index is 5.71. The smallest absolute Gasteiger partial charge is 0.124 e. The van der Waals surface area contributed by atoms with E-state index in [0.717, 1.165) is 24.3 Å². The summed E-state index contributed by atoms with van der Waals surface area (Å²) < 4.78 is 10.9. The zero-order valence-electron chi connectivity index (χ0n) is 8.11. The molecule has 1 atom stereocenters. The lowest BCUT2D eigenvalue weighted by Gasteiger charge is -2.11. The molecular weight excluding hydrogens is 178 g/mol. The van der Waals surface area contributed by atoms with Gasteiger partial charge in [-0.3, -0.25) is 0 Å². The van der Waals surface area contributed by atoms with Crippen molar-refractivity contribution in [2.24, 2.45) is 5.73 Å². The lowest BCUT2D eigenvalue weighted by molar-refractivity contribution is 0.141. The normalized spacial score (nSPS) is 21.1. The molecule has 1 heterocycles. The van der Waals surface area contributed by atoms with E-state index in [0.29, 0.717) is 13.2 Å². The molecule has 1 aromatic rings. The third-order valence-corrected chi connectivity index (χ3v) is 2.35. The van der Waals surface area contributed by atoms with Crippen LogP contribution < -0.4 is 10.5 Å². The molecule has 76 valence electrons. The molecule has 0 aliphatic carbocycles. The fourth-order valence-corrected chi connectivity index (χ4v) is 1.50. The summed E-state index contributed by atoms with van der Waals surface area (Å²) in [5, 5.41) is 0. The predicted octanol–water partition coefficient (Wildman–Crippen LogP) is 1.31. The number of benzene rings is 1. The summed E-state index contributed by atoms with van der Waals surface area (Å²) in [7, 11) is 0. The van der Waals surface area contributed by atoms with Crippen molar-refractivity contribution >= 4 is 0 Å². The van der Waals surface area contributed by atoms with Gasteiger partial charge in [0.25, 0.3) is 0 Å². The van der Waals surface area contributed by atoms with Crippen LogP contribution in [0.1, 0.15) is 12.0 Å². The van der Waals surface area contributed by atoms with Gasteiger partial charge in [-0.1, -0.05) is 12.1 Å². The summed E-state index contributed by atoms with van der Waals surface area (Å²) in [6, 6.07) is 7.90. The van der Waals surface area contributed by atoms with Crippen molar-refractivity contribution in [1.29, 1.82) is 0 Å². The van der Waals surface area contributed by atoms with Gasteiger partial charge in [0, 0.05) is 13.0 Å². The second-order valence-corrected chi connectivity index (χ2v) is 3.45. The van der Waals surface area contributed by atoms with Crippen molar-refractivity contribution in [2.75, 3.05) is 13.2 Å². The molecule has 1 fully saturated rings. The highest BCUT2D eigenvalue weighted by Crippen LogP contribution is 2.17. The van der Waals surface area contributed by atoms with E-state index in [2.05, 4.69) is 0 Å². The molecule has 0 bridgehead atoms. The molecule has 0 aromatic heterocycles. The number of ether oxygens (including phenoxy) is 2. The summed E-state index contributed by atoms with van der Waals surface area (Å²) >= 11 is 0. The lowest BCUT2D eigenvalue weighted by Crippen LogP contribution is -2.15. The van der Waals surface area contributed by atoms with E-state index in [4.69, 9.17) is 15.2 Å². The van der Waals surface area contributed by atoms with Gasteiger partial charge in [-0.25, -0.2) is 0 Å². The van der Waals surface area contributed by atoms with Crippen molar-refractivity contribution in [1.82, 2.24) is 0 Å². The van der Waals surface area contributed by atoms with Crippen LogP contribution in [0.3, 0.4) is 0 Å². The number of rotatable bonds is 3. The average Bonchev–Trinajstić information content (AvgIpc) is 2.72. The van der Waals surface area contributed by atoms with Gasteiger partial charge < -0.3 is 15.2 Å². The summed E-state index contributed by atoms with van der Waals surface area (Å²) in [4.78, 5) is 0. The van der Waals surface area contributed by atoms with Gasteiger partial charge in [0.1, 0.15) is 11.9 Å². The Balaban J connectivity index is 1.95. The molecule has 0 spiro atoms. The van der Waals surface area contributed by atoms with Crippen LogP contribution in [0.2, 0.25) is 0 Å². The van der Waals surface area contributed by atoms with E-state index in [1.807, 2.05) is 24.3 Å². The standard InChI is InChI=1S/C11H15NO2/c12-7-9-1-3-10(4-2-9)14-11-5-6-13-8-11/h1-4,11H,5-8,12H2/t11-/m1/s1. The Hall–Kier alpha value is -1.06. The first kappa shape index (κ1) is 9.49. The van der Waals surface area contributed by atoms with Gasteiger partial charge >= 0.3 is 0 Å². The van der Waals surface area contributed by atoms with Crippen LogP contribution in [0.4, 0.5) is 0 Å². The summed E-state index contributed by atoms with van der Waals surface area (Å²) in [5.41, 5.74) is 6.63. The summed E-state index contributed by atoms with van der Waals surface area (Å²) in [6.45, 7) is 2.09. The first-order chi connectivity index (χ1) is 6.88. The zero-order chi connectivity index (χ0) is 9.80. The van der Waals surface area contributed by atoms with Gasteiger partial charge in [0.2, 0.25) is 0 Å². The van der Waals surface area contributed by atoms with Crippen LogP contribution in [0, 0.1) is 0 Å². The van der Waals surface area contributed by atoms with Gasteiger partial charge in [-0.2, -0.15) is 0 Å². The zero-order valence-corrected chi connectivity index (χ0v) is 8.11. The Morgan fingerprint density at radius 1 is 1.36 bits per heavy atom. The second-order valence-electron chi connectivity index (χ2n) is 3.45. The number of hydrogen-bond donors (Lipinski definition) is 1. The summed E-state index contributed by atoms with van der Waals surface area (Å²) in [5.74, 6) is 0.901. The van der Waals surface area contributed by atoms with E-state index in [1.165, 1.54) is 0 Å². The lowest BCUT2D eigenvalue weighted by atomic mass is 10.2. The molecule has 0 amide bonds. The first-order valence-electron chi connectivity index (χ1n) is 4.92. The monoisotopic (exact) mass is 193 g/mol.